The van der Waals surface area contributed by atoms with E-state index in [0.29, 0.717) is 0 Å². The van der Waals surface area contributed by atoms with E-state index in [1.54, 1.807) is 10.8 Å². The third-order valence-electron chi connectivity index (χ3n) is 4.11. The lowest BCUT2D eigenvalue weighted by Crippen LogP contribution is -2.27. The fourth-order valence-electron chi connectivity index (χ4n) is 2.81. The lowest BCUT2D eigenvalue weighted by atomic mass is 10.0. The van der Waals surface area contributed by atoms with Gasteiger partial charge in [0.2, 0.25) is 0 Å². The molecule has 0 amide bonds. The number of aryl methyl sites for hydroxylation is 1. The fraction of sp³-hybridized carbons (Fsp3) is 0.208. The van der Waals surface area contributed by atoms with Gasteiger partial charge in [0.05, 0.1) is 5.69 Å². The molecule has 0 saturated heterocycles. The van der Waals surface area contributed by atoms with Crippen LogP contribution in [0, 0.1) is 6.92 Å². The molecule has 27 heavy (non-hydrogen) atoms. The van der Waals surface area contributed by atoms with E-state index in [9.17, 15) is 4.79 Å². The number of benzene rings is 2. The van der Waals surface area contributed by atoms with Gasteiger partial charge in [-0.3, -0.25) is 4.57 Å². The maximum atomic E-state index is 12.6. The fourth-order valence-corrected chi connectivity index (χ4v) is 2.81. The van der Waals surface area contributed by atoms with E-state index in [-0.39, 0.29) is 6.09 Å². The van der Waals surface area contributed by atoms with Gasteiger partial charge in [-0.15, -0.1) is 0 Å². The van der Waals surface area contributed by atoms with Crippen LogP contribution in [0.1, 0.15) is 37.5 Å². The highest BCUT2D eigenvalue weighted by atomic mass is 16.6. The minimum absolute atomic E-state index is 0.375. The standard InChI is InChI=1S/C24H25NO2/c1-18-11-13-19(14-12-18)15-16-20-8-5-6-9-21(20)22-10-7-17-25(22)23(26)27-24(2,3)4/h5-17H,1-4H3/b16-15+. The summed E-state index contributed by atoms with van der Waals surface area (Å²) in [6.45, 7) is 7.68. The van der Waals surface area contributed by atoms with Crippen molar-refractivity contribution in [2.24, 2.45) is 0 Å². The van der Waals surface area contributed by atoms with Crippen LogP contribution in [0.2, 0.25) is 0 Å². The molecular formula is C24H25NO2. The van der Waals surface area contributed by atoms with Crippen LogP contribution in [0.25, 0.3) is 23.4 Å². The third kappa shape index (κ3) is 4.76. The zero-order chi connectivity index (χ0) is 19.4. The number of carbonyl (C=O) groups is 1. The highest BCUT2D eigenvalue weighted by Gasteiger charge is 2.20. The average Bonchev–Trinajstić information content (AvgIpc) is 3.10. The number of rotatable bonds is 3. The van der Waals surface area contributed by atoms with Crippen LogP contribution in [-0.2, 0) is 4.74 Å². The molecule has 0 bridgehead atoms. The Kier molecular flexibility index (Phi) is 5.31. The van der Waals surface area contributed by atoms with Crippen molar-refractivity contribution in [2.75, 3.05) is 0 Å². The number of aromatic nitrogens is 1. The lowest BCUT2D eigenvalue weighted by molar-refractivity contribution is 0.0540. The van der Waals surface area contributed by atoms with Crippen molar-refractivity contribution in [2.45, 2.75) is 33.3 Å². The van der Waals surface area contributed by atoms with Crippen LogP contribution < -0.4 is 0 Å². The second kappa shape index (κ2) is 7.67. The van der Waals surface area contributed by atoms with E-state index in [4.69, 9.17) is 4.74 Å². The van der Waals surface area contributed by atoms with E-state index >= 15 is 0 Å². The molecule has 0 unspecified atom stereocenters. The van der Waals surface area contributed by atoms with Gasteiger partial charge in [0.1, 0.15) is 5.60 Å². The lowest BCUT2D eigenvalue weighted by Gasteiger charge is -2.20. The van der Waals surface area contributed by atoms with Crippen LogP contribution in [0.3, 0.4) is 0 Å². The zero-order valence-corrected chi connectivity index (χ0v) is 16.3. The van der Waals surface area contributed by atoms with Crippen molar-refractivity contribution in [1.82, 2.24) is 4.57 Å². The highest BCUT2D eigenvalue weighted by Crippen LogP contribution is 2.27. The van der Waals surface area contributed by atoms with Gasteiger partial charge in [-0.05, 0) is 51.0 Å². The van der Waals surface area contributed by atoms with Crippen molar-refractivity contribution >= 4 is 18.2 Å². The number of carbonyl (C=O) groups excluding carboxylic acids is 1. The summed E-state index contributed by atoms with van der Waals surface area (Å²) in [6.07, 6.45) is 5.52. The Labute approximate surface area is 160 Å². The summed E-state index contributed by atoms with van der Waals surface area (Å²) in [5.74, 6) is 0. The van der Waals surface area contributed by atoms with E-state index < -0.39 is 5.60 Å². The van der Waals surface area contributed by atoms with Crippen molar-refractivity contribution in [3.05, 3.63) is 83.6 Å². The molecule has 0 saturated carbocycles. The van der Waals surface area contributed by atoms with E-state index in [1.165, 1.54) is 5.56 Å². The number of ether oxygens (including phenoxy) is 1. The molecule has 3 aromatic rings. The van der Waals surface area contributed by atoms with Crippen molar-refractivity contribution in [1.29, 1.82) is 0 Å². The SMILES string of the molecule is Cc1ccc(/C=C/c2ccccc2-c2cccn2C(=O)OC(C)(C)C)cc1. The Bertz CT molecular complexity index is 957. The average molecular weight is 359 g/mol. The topological polar surface area (TPSA) is 31.2 Å². The first-order valence-electron chi connectivity index (χ1n) is 9.08. The van der Waals surface area contributed by atoms with Crippen LogP contribution in [0.15, 0.2) is 66.9 Å². The molecule has 138 valence electrons. The molecule has 3 nitrogen and oxygen atoms in total. The molecule has 2 aromatic carbocycles. The summed E-state index contributed by atoms with van der Waals surface area (Å²) < 4.78 is 7.09. The molecule has 0 spiro atoms. The van der Waals surface area contributed by atoms with Gasteiger partial charge in [0.15, 0.2) is 0 Å². The van der Waals surface area contributed by atoms with Crippen LogP contribution in [0.4, 0.5) is 4.79 Å². The Balaban J connectivity index is 1.94. The van der Waals surface area contributed by atoms with Crippen molar-refractivity contribution in [3.8, 4) is 11.3 Å². The van der Waals surface area contributed by atoms with Crippen molar-refractivity contribution in [3.63, 3.8) is 0 Å². The Morgan fingerprint density at radius 3 is 2.33 bits per heavy atom. The minimum atomic E-state index is -0.538. The summed E-state index contributed by atoms with van der Waals surface area (Å²) in [5.41, 5.74) is 4.68. The van der Waals surface area contributed by atoms with E-state index in [1.807, 2.05) is 57.2 Å². The predicted molar refractivity (Wildman–Crippen MR) is 112 cm³/mol. The van der Waals surface area contributed by atoms with Gasteiger partial charge in [-0.1, -0.05) is 66.2 Å². The molecule has 1 aromatic heterocycles. The van der Waals surface area contributed by atoms with Gasteiger partial charge >= 0.3 is 6.09 Å². The maximum Gasteiger partial charge on any atom is 0.418 e. The molecule has 1 heterocycles. The van der Waals surface area contributed by atoms with Gasteiger partial charge in [-0.25, -0.2) is 4.79 Å². The first-order chi connectivity index (χ1) is 12.8. The first kappa shape index (κ1) is 18.7. The summed E-state index contributed by atoms with van der Waals surface area (Å²) in [4.78, 5) is 12.6. The van der Waals surface area contributed by atoms with Crippen molar-refractivity contribution < 1.29 is 9.53 Å². The van der Waals surface area contributed by atoms with E-state index in [0.717, 1.165) is 22.4 Å². The smallest absolute Gasteiger partial charge is 0.418 e. The van der Waals surface area contributed by atoms with Crippen LogP contribution in [0.5, 0.6) is 0 Å². The van der Waals surface area contributed by atoms with Crippen LogP contribution >= 0.6 is 0 Å². The van der Waals surface area contributed by atoms with Gasteiger partial charge in [0.25, 0.3) is 0 Å². The van der Waals surface area contributed by atoms with E-state index in [2.05, 4.69) is 43.3 Å². The zero-order valence-electron chi connectivity index (χ0n) is 16.3. The monoisotopic (exact) mass is 359 g/mol. The number of hydrogen-bond donors (Lipinski definition) is 0. The third-order valence-corrected chi connectivity index (χ3v) is 4.11. The Morgan fingerprint density at radius 2 is 1.63 bits per heavy atom. The molecule has 0 aliphatic carbocycles. The maximum absolute atomic E-state index is 12.6. The molecular weight excluding hydrogens is 334 g/mol. The minimum Gasteiger partial charge on any atom is -0.443 e. The summed E-state index contributed by atoms with van der Waals surface area (Å²) in [7, 11) is 0. The highest BCUT2D eigenvalue weighted by molar-refractivity contribution is 5.84. The summed E-state index contributed by atoms with van der Waals surface area (Å²) in [6, 6.07) is 20.2. The molecule has 0 aliphatic rings. The summed E-state index contributed by atoms with van der Waals surface area (Å²) in [5, 5.41) is 0. The molecule has 3 rings (SSSR count). The molecule has 0 fully saturated rings. The predicted octanol–water partition coefficient (Wildman–Crippen LogP) is 6.42. The molecule has 3 heteroatoms. The second-order valence-electron chi connectivity index (χ2n) is 7.58. The normalized spacial score (nSPS) is 11.7. The molecule has 0 N–H and O–H groups in total. The summed E-state index contributed by atoms with van der Waals surface area (Å²) >= 11 is 0. The van der Waals surface area contributed by atoms with Crippen LogP contribution in [-0.4, -0.2) is 16.3 Å². The number of nitrogens with zero attached hydrogens (tertiary/aromatic N) is 1. The molecule has 0 radical (unpaired) electrons. The first-order valence-corrected chi connectivity index (χ1v) is 9.08. The quantitative estimate of drug-likeness (QED) is 0.505. The van der Waals surface area contributed by atoms with Gasteiger partial charge in [-0.2, -0.15) is 0 Å². The largest absolute Gasteiger partial charge is 0.443 e. The number of hydrogen-bond acceptors (Lipinski definition) is 2. The molecule has 0 aliphatic heterocycles. The molecule has 0 atom stereocenters. The van der Waals surface area contributed by atoms with Gasteiger partial charge < -0.3 is 4.74 Å². The second-order valence-corrected chi connectivity index (χ2v) is 7.58. The Hall–Kier alpha value is -3.07. The van der Waals surface area contributed by atoms with Gasteiger partial charge in [0, 0.05) is 11.8 Å². The Morgan fingerprint density at radius 1 is 0.926 bits per heavy atom.